The minimum Gasteiger partial charge on any atom is -0.357 e. The molecule has 0 amide bonds. The average Bonchev–Trinajstić information content (AvgIpc) is 2.77. The minimum atomic E-state index is -5.04. The maximum Gasteiger partial charge on any atom is 0.405 e. The summed E-state index contributed by atoms with van der Waals surface area (Å²) in [4.78, 5) is 2.39. The maximum absolute atomic E-state index is 13.3. The first-order valence-corrected chi connectivity index (χ1v) is 6.07. The standard InChI is InChI=1S/C14H9F6N/c15-9-3-1-8(2-4-9)10-5-6-11(21-10)12(14(18,19)20)7-13(12,16)17/h1-6,21H,7H2. The number of alkyl halides is 5. The molecular weight excluding hydrogens is 296 g/mol. The van der Waals surface area contributed by atoms with Gasteiger partial charge >= 0.3 is 6.18 Å². The van der Waals surface area contributed by atoms with Crippen LogP contribution in [0.5, 0.6) is 0 Å². The number of aromatic nitrogens is 1. The maximum atomic E-state index is 13.3. The quantitative estimate of drug-likeness (QED) is 0.777. The Hall–Kier alpha value is -1.92. The molecular formula is C14H9F6N. The van der Waals surface area contributed by atoms with Crippen molar-refractivity contribution in [1.29, 1.82) is 0 Å². The van der Waals surface area contributed by atoms with Crippen LogP contribution in [-0.2, 0) is 5.41 Å². The van der Waals surface area contributed by atoms with Gasteiger partial charge in [-0.05, 0) is 42.0 Å². The number of hydrogen-bond acceptors (Lipinski definition) is 0. The fraction of sp³-hybridized carbons (Fsp3) is 0.286. The largest absolute Gasteiger partial charge is 0.405 e. The minimum absolute atomic E-state index is 0.233. The highest BCUT2D eigenvalue weighted by Gasteiger charge is 2.85. The van der Waals surface area contributed by atoms with Crippen LogP contribution in [0.25, 0.3) is 11.3 Å². The summed E-state index contributed by atoms with van der Waals surface area (Å²) >= 11 is 0. The number of benzene rings is 1. The van der Waals surface area contributed by atoms with Crippen LogP contribution in [0.15, 0.2) is 36.4 Å². The highest BCUT2D eigenvalue weighted by atomic mass is 19.4. The van der Waals surface area contributed by atoms with Crippen molar-refractivity contribution in [3.8, 4) is 11.3 Å². The van der Waals surface area contributed by atoms with Gasteiger partial charge in [0.2, 0.25) is 0 Å². The Bertz CT molecular complexity index is 670. The van der Waals surface area contributed by atoms with Gasteiger partial charge in [0.15, 0.2) is 5.41 Å². The van der Waals surface area contributed by atoms with Gasteiger partial charge in [-0.25, -0.2) is 13.2 Å². The first-order valence-electron chi connectivity index (χ1n) is 6.07. The topological polar surface area (TPSA) is 15.8 Å². The Labute approximate surface area is 115 Å². The number of H-pyrrole nitrogens is 1. The number of hydrogen-bond donors (Lipinski definition) is 1. The SMILES string of the molecule is Fc1ccc(-c2ccc(C3(C(F)(F)F)CC3(F)F)[nH]2)cc1. The molecule has 0 aliphatic heterocycles. The molecule has 1 N–H and O–H groups in total. The molecule has 0 spiro atoms. The molecule has 3 rings (SSSR count). The lowest BCUT2D eigenvalue weighted by Gasteiger charge is -2.18. The summed E-state index contributed by atoms with van der Waals surface area (Å²) in [6.07, 6.45) is -6.30. The van der Waals surface area contributed by atoms with Crippen LogP contribution in [0.3, 0.4) is 0 Å². The number of nitrogens with one attached hydrogen (secondary N) is 1. The van der Waals surface area contributed by atoms with Crippen molar-refractivity contribution in [2.24, 2.45) is 0 Å². The molecule has 0 saturated heterocycles. The van der Waals surface area contributed by atoms with E-state index in [0.29, 0.717) is 5.56 Å². The van der Waals surface area contributed by atoms with E-state index in [9.17, 15) is 26.3 Å². The number of aromatic amines is 1. The summed E-state index contributed by atoms with van der Waals surface area (Å²) in [6, 6.07) is 7.28. The fourth-order valence-corrected chi connectivity index (χ4v) is 2.48. The van der Waals surface area contributed by atoms with Crippen molar-refractivity contribution in [2.75, 3.05) is 0 Å². The van der Waals surface area contributed by atoms with Gasteiger partial charge in [0.05, 0.1) is 0 Å². The second kappa shape index (κ2) is 4.05. The Morgan fingerprint density at radius 3 is 2.00 bits per heavy atom. The zero-order valence-corrected chi connectivity index (χ0v) is 10.4. The summed E-state index contributed by atoms with van der Waals surface area (Å²) < 4.78 is 78.4. The lowest BCUT2D eigenvalue weighted by atomic mass is 10.0. The molecule has 1 aromatic carbocycles. The average molecular weight is 305 g/mol. The molecule has 1 aliphatic rings. The molecule has 1 aliphatic carbocycles. The van der Waals surface area contributed by atoms with Crippen LogP contribution < -0.4 is 0 Å². The fourth-order valence-electron chi connectivity index (χ4n) is 2.48. The highest BCUT2D eigenvalue weighted by molar-refractivity contribution is 5.61. The zero-order valence-electron chi connectivity index (χ0n) is 10.4. The molecule has 112 valence electrons. The van der Waals surface area contributed by atoms with Crippen molar-refractivity contribution in [3.63, 3.8) is 0 Å². The van der Waals surface area contributed by atoms with Gasteiger partial charge in [-0.15, -0.1) is 0 Å². The zero-order chi connectivity index (χ0) is 15.5. The molecule has 1 saturated carbocycles. The summed E-state index contributed by atoms with van der Waals surface area (Å²) in [5.41, 5.74) is -3.06. The van der Waals surface area contributed by atoms with Crippen LogP contribution in [0.1, 0.15) is 12.1 Å². The number of halogens is 6. The molecule has 1 heterocycles. The van der Waals surface area contributed by atoms with Crippen molar-refractivity contribution >= 4 is 0 Å². The molecule has 0 radical (unpaired) electrons. The smallest absolute Gasteiger partial charge is 0.357 e. The Morgan fingerprint density at radius 2 is 1.52 bits per heavy atom. The van der Waals surface area contributed by atoms with Crippen molar-refractivity contribution < 1.29 is 26.3 Å². The molecule has 1 unspecified atom stereocenters. The third-order valence-electron chi connectivity index (χ3n) is 3.77. The van der Waals surface area contributed by atoms with Crippen molar-refractivity contribution in [1.82, 2.24) is 4.98 Å². The second-order valence-electron chi connectivity index (χ2n) is 5.08. The van der Waals surface area contributed by atoms with E-state index >= 15 is 0 Å². The molecule has 1 fully saturated rings. The Morgan fingerprint density at radius 1 is 0.952 bits per heavy atom. The first-order chi connectivity index (χ1) is 9.67. The van der Waals surface area contributed by atoms with Crippen LogP contribution in [0.4, 0.5) is 26.3 Å². The molecule has 1 atom stereocenters. The summed E-state index contributed by atoms with van der Waals surface area (Å²) in [5, 5.41) is 0. The van der Waals surface area contributed by atoms with E-state index < -0.39 is 35.4 Å². The van der Waals surface area contributed by atoms with E-state index in [4.69, 9.17) is 0 Å². The van der Waals surface area contributed by atoms with E-state index in [1.54, 1.807) is 0 Å². The van der Waals surface area contributed by atoms with Crippen LogP contribution in [-0.4, -0.2) is 17.1 Å². The van der Waals surface area contributed by atoms with Gasteiger partial charge in [-0.1, -0.05) is 0 Å². The van der Waals surface area contributed by atoms with Gasteiger partial charge in [-0.3, -0.25) is 0 Å². The monoisotopic (exact) mass is 305 g/mol. The van der Waals surface area contributed by atoms with E-state index in [2.05, 4.69) is 4.98 Å². The van der Waals surface area contributed by atoms with Crippen LogP contribution in [0, 0.1) is 5.82 Å². The molecule has 7 heteroatoms. The van der Waals surface area contributed by atoms with E-state index in [1.807, 2.05) is 0 Å². The van der Waals surface area contributed by atoms with Gasteiger partial charge in [-0.2, -0.15) is 13.2 Å². The summed E-state index contributed by atoms with van der Waals surface area (Å²) in [7, 11) is 0. The predicted molar refractivity (Wildman–Crippen MR) is 63.5 cm³/mol. The van der Waals surface area contributed by atoms with Gasteiger partial charge in [0.1, 0.15) is 5.82 Å². The Kier molecular flexibility index (Phi) is 2.71. The van der Waals surface area contributed by atoms with Gasteiger partial charge in [0, 0.05) is 17.8 Å². The second-order valence-corrected chi connectivity index (χ2v) is 5.08. The van der Waals surface area contributed by atoms with E-state index in [1.165, 1.54) is 18.2 Å². The summed E-state index contributed by atoms with van der Waals surface area (Å²) in [5.74, 6) is -4.30. The van der Waals surface area contributed by atoms with E-state index in [-0.39, 0.29) is 5.69 Å². The lowest BCUT2D eigenvalue weighted by molar-refractivity contribution is -0.183. The predicted octanol–water partition coefficient (Wildman–Crippen LogP) is 4.66. The van der Waals surface area contributed by atoms with Crippen molar-refractivity contribution in [2.45, 2.75) is 23.9 Å². The normalized spacial score (nSPS) is 24.1. The Balaban J connectivity index is 2.01. The van der Waals surface area contributed by atoms with Crippen LogP contribution in [0.2, 0.25) is 0 Å². The number of rotatable bonds is 2. The first kappa shape index (κ1) is 14.0. The van der Waals surface area contributed by atoms with Crippen molar-refractivity contribution in [3.05, 3.63) is 47.9 Å². The van der Waals surface area contributed by atoms with Crippen LogP contribution >= 0.6 is 0 Å². The van der Waals surface area contributed by atoms with E-state index in [0.717, 1.165) is 18.2 Å². The van der Waals surface area contributed by atoms with Gasteiger partial charge in [0.25, 0.3) is 5.92 Å². The molecule has 0 bridgehead atoms. The molecule has 1 aromatic heterocycles. The molecule has 2 aromatic rings. The molecule has 21 heavy (non-hydrogen) atoms. The van der Waals surface area contributed by atoms with Gasteiger partial charge < -0.3 is 4.98 Å². The highest BCUT2D eigenvalue weighted by Crippen LogP contribution is 2.68. The lowest BCUT2D eigenvalue weighted by Crippen LogP contribution is -2.34. The summed E-state index contributed by atoms with van der Waals surface area (Å²) in [6.45, 7) is 0. The third kappa shape index (κ3) is 1.94. The molecule has 1 nitrogen and oxygen atoms in total. The third-order valence-corrected chi connectivity index (χ3v) is 3.77.